The Labute approximate surface area is 158 Å². The number of methoxy groups -OCH3 is 1. The zero-order valence-corrected chi connectivity index (χ0v) is 16.2. The van der Waals surface area contributed by atoms with Gasteiger partial charge in [0.05, 0.1) is 12.8 Å². The maximum Gasteiger partial charge on any atom is 0.183 e. The summed E-state index contributed by atoms with van der Waals surface area (Å²) in [6.07, 6.45) is 0. The summed E-state index contributed by atoms with van der Waals surface area (Å²) in [6, 6.07) is 14.7. The molecule has 2 aliphatic rings. The number of hydrogen-bond acceptors (Lipinski definition) is 5. The molecule has 0 radical (unpaired) electrons. The molecule has 1 saturated heterocycles. The molecule has 0 N–H and O–H groups in total. The number of anilines is 2. The highest BCUT2D eigenvalue weighted by atomic mass is 32.2. The second kappa shape index (κ2) is 7.39. The molecule has 4 rings (SSSR count). The molecule has 1 atom stereocenters. The minimum atomic E-state index is -0.891. The summed E-state index contributed by atoms with van der Waals surface area (Å²) in [5.41, 5.74) is 3.58. The van der Waals surface area contributed by atoms with Gasteiger partial charge in [0.1, 0.15) is 5.75 Å². The molecule has 5 nitrogen and oxygen atoms in total. The van der Waals surface area contributed by atoms with Crippen molar-refractivity contribution in [3.05, 3.63) is 48.0 Å². The topological polar surface area (TPSA) is 42.0 Å². The Morgan fingerprint density at radius 1 is 1.08 bits per heavy atom. The monoisotopic (exact) mass is 371 g/mol. The highest BCUT2D eigenvalue weighted by molar-refractivity contribution is 7.92. The minimum Gasteiger partial charge on any atom is -0.610 e. The molecule has 0 aromatic heterocycles. The number of hydrogen-bond donors (Lipinski definition) is 0. The predicted molar refractivity (Wildman–Crippen MR) is 107 cm³/mol. The normalized spacial score (nSPS) is 20.3. The second-order valence-corrected chi connectivity index (χ2v) is 8.33. The van der Waals surface area contributed by atoms with Crippen molar-refractivity contribution in [1.82, 2.24) is 4.90 Å². The predicted octanol–water partition coefficient (Wildman–Crippen LogP) is 2.53. The van der Waals surface area contributed by atoms with E-state index in [1.807, 2.05) is 19.2 Å². The molecule has 26 heavy (non-hydrogen) atoms. The lowest BCUT2D eigenvalue weighted by Gasteiger charge is -2.36. The summed E-state index contributed by atoms with van der Waals surface area (Å²) < 4.78 is 17.5. The van der Waals surface area contributed by atoms with Crippen LogP contribution in [-0.2, 0) is 17.7 Å². The Hall–Kier alpha value is -1.89. The van der Waals surface area contributed by atoms with Crippen LogP contribution in [0.25, 0.3) is 0 Å². The third-order valence-electron chi connectivity index (χ3n) is 5.19. The van der Waals surface area contributed by atoms with Crippen molar-refractivity contribution in [2.45, 2.75) is 11.4 Å². The molecule has 6 heteroatoms. The van der Waals surface area contributed by atoms with Crippen molar-refractivity contribution in [3.8, 4) is 5.75 Å². The fourth-order valence-corrected chi connectivity index (χ4v) is 5.07. The van der Waals surface area contributed by atoms with Gasteiger partial charge in [-0.2, -0.15) is 0 Å². The summed E-state index contributed by atoms with van der Waals surface area (Å²) in [6.45, 7) is 4.98. The van der Waals surface area contributed by atoms with Gasteiger partial charge in [-0.05, 0) is 29.8 Å². The largest absolute Gasteiger partial charge is 0.610 e. The van der Waals surface area contributed by atoms with Crippen LogP contribution in [0, 0.1) is 0 Å². The average Bonchev–Trinajstić information content (AvgIpc) is 2.96. The molecule has 2 aromatic rings. The Bertz CT molecular complexity index is 777. The highest BCUT2D eigenvalue weighted by Crippen LogP contribution is 2.33. The number of ether oxygens (including phenoxy) is 1. The van der Waals surface area contributed by atoms with Gasteiger partial charge in [-0.15, -0.1) is 0 Å². The van der Waals surface area contributed by atoms with Crippen LogP contribution in [0.15, 0.2) is 47.4 Å². The maximum absolute atomic E-state index is 12.2. The van der Waals surface area contributed by atoms with E-state index in [4.69, 9.17) is 4.74 Å². The summed E-state index contributed by atoms with van der Waals surface area (Å²) in [7, 11) is 3.71. The van der Waals surface area contributed by atoms with Crippen molar-refractivity contribution in [2.75, 3.05) is 56.0 Å². The SMILES string of the molecule is COc1cccc(N2CCN(Cc3ccc4c(c3)[S+]([O-])CN4C)CC2)c1. The van der Waals surface area contributed by atoms with Crippen LogP contribution in [0.1, 0.15) is 5.56 Å². The lowest BCUT2D eigenvalue weighted by Crippen LogP contribution is -2.45. The quantitative estimate of drug-likeness (QED) is 0.773. The van der Waals surface area contributed by atoms with E-state index >= 15 is 0 Å². The van der Waals surface area contributed by atoms with E-state index < -0.39 is 11.2 Å². The van der Waals surface area contributed by atoms with E-state index in [0.717, 1.165) is 49.1 Å². The number of nitrogens with zero attached hydrogens (tertiary/aromatic N) is 3. The molecule has 0 bridgehead atoms. The number of piperazine rings is 1. The Kier molecular flexibility index (Phi) is 4.98. The highest BCUT2D eigenvalue weighted by Gasteiger charge is 2.29. The molecule has 2 heterocycles. The van der Waals surface area contributed by atoms with Crippen LogP contribution < -0.4 is 14.5 Å². The zero-order valence-electron chi connectivity index (χ0n) is 15.4. The zero-order chi connectivity index (χ0) is 18.1. The molecule has 0 amide bonds. The van der Waals surface area contributed by atoms with Crippen molar-refractivity contribution in [1.29, 1.82) is 0 Å². The van der Waals surface area contributed by atoms with Gasteiger partial charge in [-0.25, -0.2) is 0 Å². The molecule has 2 aromatic carbocycles. The van der Waals surface area contributed by atoms with Gasteiger partial charge in [0.25, 0.3) is 0 Å². The third kappa shape index (κ3) is 3.49. The first-order chi connectivity index (χ1) is 12.6. The second-order valence-electron chi connectivity index (χ2n) is 6.94. The van der Waals surface area contributed by atoms with Crippen LogP contribution in [0.5, 0.6) is 5.75 Å². The molecule has 0 aliphatic carbocycles. The van der Waals surface area contributed by atoms with E-state index in [2.05, 4.69) is 45.0 Å². The third-order valence-corrected chi connectivity index (χ3v) is 6.63. The lowest BCUT2D eigenvalue weighted by molar-refractivity contribution is 0.249. The fourth-order valence-electron chi connectivity index (χ4n) is 3.70. The summed E-state index contributed by atoms with van der Waals surface area (Å²) >= 11 is -0.891. The summed E-state index contributed by atoms with van der Waals surface area (Å²) in [5.74, 6) is 1.51. The molecule has 0 spiro atoms. The maximum atomic E-state index is 12.2. The minimum absolute atomic E-state index is 0.609. The molecule has 1 fully saturated rings. The van der Waals surface area contributed by atoms with Gasteiger partial charge in [0.2, 0.25) is 0 Å². The van der Waals surface area contributed by atoms with Gasteiger partial charge in [-0.3, -0.25) is 4.90 Å². The Morgan fingerprint density at radius 3 is 2.65 bits per heavy atom. The molecule has 0 saturated carbocycles. The van der Waals surface area contributed by atoms with Crippen molar-refractivity contribution < 1.29 is 9.29 Å². The number of fused-ring (bicyclic) bond motifs is 1. The Balaban J connectivity index is 1.38. The average molecular weight is 372 g/mol. The molecular formula is C20H25N3O2S. The van der Waals surface area contributed by atoms with Crippen molar-refractivity contribution in [3.63, 3.8) is 0 Å². The lowest BCUT2D eigenvalue weighted by atomic mass is 10.1. The van der Waals surface area contributed by atoms with Gasteiger partial charge < -0.3 is 19.1 Å². The summed E-state index contributed by atoms with van der Waals surface area (Å²) in [4.78, 5) is 7.94. The standard InChI is InChI=1S/C20H25N3O2S/c1-21-15-26(24)20-12-16(6-7-19(20)21)14-22-8-10-23(11-9-22)17-4-3-5-18(13-17)25-2/h3-7,12-13H,8-11,14-15H2,1-2H3. The van der Waals surface area contributed by atoms with E-state index in [0.29, 0.717) is 5.88 Å². The fraction of sp³-hybridized carbons (Fsp3) is 0.400. The van der Waals surface area contributed by atoms with Crippen LogP contribution in [0.2, 0.25) is 0 Å². The molecule has 1 unspecified atom stereocenters. The van der Waals surface area contributed by atoms with Gasteiger partial charge in [0, 0.05) is 62.7 Å². The van der Waals surface area contributed by atoms with Crippen LogP contribution >= 0.6 is 0 Å². The van der Waals surface area contributed by atoms with Crippen LogP contribution in [-0.4, -0.2) is 55.7 Å². The Morgan fingerprint density at radius 2 is 1.88 bits per heavy atom. The van der Waals surface area contributed by atoms with E-state index in [1.54, 1.807) is 7.11 Å². The number of rotatable bonds is 4. The summed E-state index contributed by atoms with van der Waals surface area (Å²) in [5, 5.41) is 0. The van der Waals surface area contributed by atoms with Crippen molar-refractivity contribution in [2.24, 2.45) is 0 Å². The first kappa shape index (κ1) is 17.5. The first-order valence-electron chi connectivity index (χ1n) is 8.98. The molecule has 138 valence electrons. The smallest absolute Gasteiger partial charge is 0.183 e. The van der Waals surface area contributed by atoms with Crippen LogP contribution in [0.4, 0.5) is 11.4 Å². The van der Waals surface area contributed by atoms with E-state index in [-0.39, 0.29) is 0 Å². The van der Waals surface area contributed by atoms with Gasteiger partial charge in [-0.1, -0.05) is 12.1 Å². The first-order valence-corrected chi connectivity index (χ1v) is 10.3. The van der Waals surface area contributed by atoms with Gasteiger partial charge >= 0.3 is 0 Å². The van der Waals surface area contributed by atoms with Gasteiger partial charge in [0.15, 0.2) is 10.8 Å². The van der Waals surface area contributed by atoms with E-state index in [1.165, 1.54) is 11.3 Å². The molecular weight excluding hydrogens is 346 g/mol. The number of benzene rings is 2. The molecule has 2 aliphatic heterocycles. The van der Waals surface area contributed by atoms with Crippen molar-refractivity contribution >= 4 is 22.6 Å². The van der Waals surface area contributed by atoms with E-state index in [9.17, 15) is 4.55 Å². The van der Waals surface area contributed by atoms with Crippen LogP contribution in [0.3, 0.4) is 0 Å².